The fourth-order valence-electron chi connectivity index (χ4n) is 2.60. The van der Waals surface area contributed by atoms with Crippen molar-refractivity contribution in [2.45, 2.75) is 19.3 Å². The first kappa shape index (κ1) is 11.7. The SMILES string of the molecule is O=C(Nc1nc2c(s1)CCC2)c1ccc2cc[nH]c2c1. The molecule has 0 saturated heterocycles. The third kappa shape index (κ3) is 1.91. The smallest absolute Gasteiger partial charge is 0.257 e. The molecule has 1 aliphatic rings. The molecule has 2 aromatic heterocycles. The predicted octanol–water partition coefficient (Wildman–Crippen LogP) is 3.37. The topological polar surface area (TPSA) is 57.8 Å². The fraction of sp³-hybridized carbons (Fsp3) is 0.200. The van der Waals surface area contributed by atoms with Crippen molar-refractivity contribution in [3.63, 3.8) is 0 Å². The van der Waals surface area contributed by atoms with Crippen LogP contribution in [-0.4, -0.2) is 15.9 Å². The number of nitrogens with zero attached hydrogens (tertiary/aromatic N) is 1. The first-order valence-corrected chi connectivity index (χ1v) is 7.48. The van der Waals surface area contributed by atoms with Gasteiger partial charge in [-0.2, -0.15) is 0 Å². The molecule has 0 saturated carbocycles. The van der Waals surface area contributed by atoms with Crippen LogP contribution in [0.4, 0.5) is 5.13 Å². The lowest BCUT2D eigenvalue weighted by Crippen LogP contribution is -2.11. The van der Waals surface area contributed by atoms with E-state index in [0.29, 0.717) is 10.7 Å². The van der Waals surface area contributed by atoms with Crippen LogP contribution in [0.3, 0.4) is 0 Å². The fourth-order valence-corrected chi connectivity index (χ4v) is 3.65. The van der Waals surface area contributed by atoms with Crippen molar-refractivity contribution in [1.29, 1.82) is 0 Å². The minimum Gasteiger partial charge on any atom is -0.361 e. The van der Waals surface area contributed by atoms with Crippen molar-refractivity contribution in [3.05, 3.63) is 46.6 Å². The lowest BCUT2D eigenvalue weighted by Gasteiger charge is -2.02. The summed E-state index contributed by atoms with van der Waals surface area (Å²) in [6.45, 7) is 0. The molecule has 1 aromatic carbocycles. The summed E-state index contributed by atoms with van der Waals surface area (Å²) >= 11 is 1.60. The van der Waals surface area contributed by atoms with Gasteiger partial charge in [-0.3, -0.25) is 10.1 Å². The zero-order valence-corrected chi connectivity index (χ0v) is 11.6. The molecular weight excluding hydrogens is 270 g/mol. The molecule has 1 amide bonds. The van der Waals surface area contributed by atoms with Crippen molar-refractivity contribution < 1.29 is 4.79 Å². The second-order valence-electron chi connectivity index (χ2n) is 4.98. The Morgan fingerprint density at radius 1 is 1.30 bits per heavy atom. The highest BCUT2D eigenvalue weighted by atomic mass is 32.1. The molecule has 5 heteroatoms. The molecule has 0 unspecified atom stereocenters. The number of rotatable bonds is 2. The second-order valence-corrected chi connectivity index (χ2v) is 6.06. The van der Waals surface area contributed by atoms with Gasteiger partial charge in [0.1, 0.15) is 0 Å². The van der Waals surface area contributed by atoms with Crippen molar-refractivity contribution >= 4 is 33.3 Å². The minimum absolute atomic E-state index is 0.103. The molecule has 0 aliphatic heterocycles. The van der Waals surface area contributed by atoms with Gasteiger partial charge >= 0.3 is 0 Å². The monoisotopic (exact) mass is 283 g/mol. The van der Waals surface area contributed by atoms with Crippen LogP contribution >= 0.6 is 11.3 Å². The lowest BCUT2D eigenvalue weighted by atomic mass is 10.1. The van der Waals surface area contributed by atoms with Gasteiger partial charge in [-0.05, 0) is 42.8 Å². The van der Waals surface area contributed by atoms with E-state index < -0.39 is 0 Å². The van der Waals surface area contributed by atoms with Gasteiger partial charge in [0.05, 0.1) is 5.69 Å². The van der Waals surface area contributed by atoms with Crippen LogP contribution in [0.2, 0.25) is 0 Å². The van der Waals surface area contributed by atoms with Crippen LogP contribution in [0.5, 0.6) is 0 Å². The van der Waals surface area contributed by atoms with E-state index in [1.54, 1.807) is 11.3 Å². The van der Waals surface area contributed by atoms with Crippen molar-refractivity contribution in [2.24, 2.45) is 0 Å². The van der Waals surface area contributed by atoms with Crippen molar-refractivity contribution in [2.75, 3.05) is 5.32 Å². The second kappa shape index (κ2) is 4.45. The molecule has 2 heterocycles. The van der Waals surface area contributed by atoms with E-state index in [0.717, 1.165) is 29.4 Å². The number of carbonyl (C=O) groups is 1. The largest absolute Gasteiger partial charge is 0.361 e. The highest BCUT2D eigenvalue weighted by Crippen LogP contribution is 2.30. The predicted molar refractivity (Wildman–Crippen MR) is 80.4 cm³/mol. The number of nitrogens with one attached hydrogen (secondary N) is 2. The number of aromatic nitrogens is 2. The van der Waals surface area contributed by atoms with E-state index in [1.807, 2.05) is 30.5 Å². The summed E-state index contributed by atoms with van der Waals surface area (Å²) in [4.78, 5) is 21.2. The van der Waals surface area contributed by atoms with Crippen LogP contribution in [-0.2, 0) is 12.8 Å². The third-order valence-electron chi connectivity index (χ3n) is 3.63. The van der Waals surface area contributed by atoms with Crippen LogP contribution in [0, 0.1) is 0 Å². The van der Waals surface area contributed by atoms with E-state index in [4.69, 9.17) is 0 Å². The zero-order valence-electron chi connectivity index (χ0n) is 10.8. The Bertz CT molecular complexity index is 781. The van der Waals surface area contributed by atoms with Crippen molar-refractivity contribution in [1.82, 2.24) is 9.97 Å². The number of aryl methyl sites for hydroxylation is 2. The molecule has 3 aromatic rings. The normalized spacial score (nSPS) is 13.6. The number of hydrogen-bond donors (Lipinski definition) is 2. The highest BCUT2D eigenvalue weighted by molar-refractivity contribution is 7.16. The van der Waals surface area contributed by atoms with Gasteiger partial charge in [0.2, 0.25) is 0 Å². The number of thiazole rings is 1. The minimum atomic E-state index is -0.103. The van der Waals surface area contributed by atoms with E-state index in [9.17, 15) is 4.79 Å². The Balaban J connectivity index is 1.59. The Morgan fingerprint density at radius 3 is 3.15 bits per heavy atom. The number of amides is 1. The van der Waals surface area contributed by atoms with Gasteiger partial charge in [-0.25, -0.2) is 4.98 Å². The zero-order chi connectivity index (χ0) is 13.5. The molecule has 0 bridgehead atoms. The number of benzene rings is 1. The summed E-state index contributed by atoms with van der Waals surface area (Å²) < 4.78 is 0. The van der Waals surface area contributed by atoms with Crippen LogP contribution in [0.1, 0.15) is 27.3 Å². The number of H-pyrrole nitrogens is 1. The average Bonchev–Trinajstić information content (AvgIpc) is 3.11. The summed E-state index contributed by atoms with van der Waals surface area (Å²) in [5.74, 6) is -0.103. The number of fused-ring (bicyclic) bond motifs is 2. The molecule has 0 fully saturated rings. The highest BCUT2D eigenvalue weighted by Gasteiger charge is 2.18. The Morgan fingerprint density at radius 2 is 2.25 bits per heavy atom. The number of hydrogen-bond acceptors (Lipinski definition) is 3. The van der Waals surface area contributed by atoms with E-state index in [-0.39, 0.29) is 5.91 Å². The Labute approximate surface area is 119 Å². The lowest BCUT2D eigenvalue weighted by molar-refractivity contribution is 0.102. The summed E-state index contributed by atoms with van der Waals surface area (Å²) in [5, 5.41) is 4.72. The first-order valence-electron chi connectivity index (χ1n) is 6.67. The Kier molecular flexibility index (Phi) is 2.60. The molecular formula is C15H13N3OS. The van der Waals surface area contributed by atoms with Gasteiger partial charge in [-0.1, -0.05) is 6.07 Å². The van der Waals surface area contributed by atoms with E-state index >= 15 is 0 Å². The molecule has 0 spiro atoms. The Hall–Kier alpha value is -2.14. The van der Waals surface area contributed by atoms with E-state index in [1.165, 1.54) is 11.3 Å². The number of carbonyl (C=O) groups excluding carboxylic acids is 1. The maximum Gasteiger partial charge on any atom is 0.257 e. The standard InChI is InChI=1S/C15H13N3OS/c19-14(10-5-4-9-6-7-16-12(9)8-10)18-15-17-11-2-1-3-13(11)20-15/h4-8,16H,1-3H2,(H,17,18,19). The summed E-state index contributed by atoms with van der Waals surface area (Å²) in [5.41, 5.74) is 2.78. The summed E-state index contributed by atoms with van der Waals surface area (Å²) in [6.07, 6.45) is 5.19. The van der Waals surface area contributed by atoms with Gasteiger partial charge in [0.25, 0.3) is 5.91 Å². The molecule has 2 N–H and O–H groups in total. The number of anilines is 1. The summed E-state index contributed by atoms with van der Waals surface area (Å²) in [7, 11) is 0. The van der Waals surface area contributed by atoms with Crippen LogP contribution in [0.25, 0.3) is 10.9 Å². The maximum atomic E-state index is 12.2. The van der Waals surface area contributed by atoms with E-state index in [2.05, 4.69) is 15.3 Å². The quantitative estimate of drug-likeness (QED) is 0.757. The number of aromatic amines is 1. The first-order chi connectivity index (χ1) is 9.79. The van der Waals surface area contributed by atoms with Crippen molar-refractivity contribution in [3.8, 4) is 0 Å². The van der Waals surface area contributed by atoms with Gasteiger partial charge in [-0.15, -0.1) is 11.3 Å². The third-order valence-corrected chi connectivity index (χ3v) is 4.71. The van der Waals surface area contributed by atoms with Gasteiger partial charge < -0.3 is 4.98 Å². The maximum absolute atomic E-state index is 12.2. The van der Waals surface area contributed by atoms with Crippen LogP contribution in [0.15, 0.2) is 30.5 Å². The molecule has 100 valence electrons. The average molecular weight is 283 g/mol. The van der Waals surface area contributed by atoms with Gasteiger partial charge in [0, 0.05) is 22.2 Å². The molecule has 0 atom stereocenters. The molecule has 4 nitrogen and oxygen atoms in total. The molecule has 1 aliphatic carbocycles. The summed E-state index contributed by atoms with van der Waals surface area (Å²) in [6, 6.07) is 7.64. The van der Waals surface area contributed by atoms with Crippen LogP contribution < -0.4 is 5.32 Å². The molecule has 0 radical (unpaired) electrons. The van der Waals surface area contributed by atoms with Gasteiger partial charge in [0.15, 0.2) is 5.13 Å². The molecule has 20 heavy (non-hydrogen) atoms. The molecule has 4 rings (SSSR count).